The molecule has 0 aliphatic heterocycles. The van der Waals surface area contributed by atoms with Crippen molar-refractivity contribution in [2.24, 2.45) is 14.1 Å². The van der Waals surface area contributed by atoms with Crippen LogP contribution in [0.5, 0.6) is 11.5 Å². The monoisotopic (exact) mass is 832 g/mol. The largest absolute Gasteiger partial charge is 0.489 e. The van der Waals surface area contributed by atoms with E-state index in [1.54, 1.807) is 41.0 Å². The molecule has 0 saturated heterocycles. The van der Waals surface area contributed by atoms with E-state index in [0.29, 0.717) is 34.3 Å². The zero-order valence-corrected chi connectivity index (χ0v) is 34.7. The van der Waals surface area contributed by atoms with Gasteiger partial charge < -0.3 is 28.5 Å². The average molecular weight is 833 g/mol. The average Bonchev–Trinajstić information content (AvgIpc) is 3.92. The smallest absolute Gasteiger partial charge is 0.306 e. The summed E-state index contributed by atoms with van der Waals surface area (Å²) in [5.41, 5.74) is 6.75. The molecule has 14 heteroatoms. The lowest BCUT2D eigenvalue weighted by molar-refractivity contribution is -0.141. The Labute approximate surface area is 353 Å². The number of ether oxygens (including phenoxy) is 3. The number of fused-ring (bicyclic) bond motifs is 2. The van der Waals surface area contributed by atoms with Gasteiger partial charge in [-0.05, 0) is 109 Å². The van der Waals surface area contributed by atoms with Crippen LogP contribution < -0.4 is 9.47 Å². The Morgan fingerprint density at radius 1 is 0.639 bits per heavy atom. The highest BCUT2D eigenvalue weighted by atomic mass is 19.1. The Balaban J connectivity index is 0.000000184. The topological polar surface area (TPSA) is 143 Å². The number of carboxylic acids is 1. The first-order chi connectivity index (χ1) is 29.6. The van der Waals surface area contributed by atoms with Crippen molar-refractivity contribution >= 4 is 11.9 Å². The molecule has 6 aromatic rings. The Kier molecular flexibility index (Phi) is 13.8. The number of benzene rings is 4. The van der Waals surface area contributed by atoms with E-state index in [9.17, 15) is 23.5 Å². The van der Waals surface area contributed by atoms with Gasteiger partial charge in [-0.25, -0.2) is 8.78 Å². The molecule has 2 aliphatic rings. The molecule has 61 heavy (non-hydrogen) atoms. The molecule has 2 heterocycles. The van der Waals surface area contributed by atoms with Gasteiger partial charge in [-0.1, -0.05) is 48.5 Å². The predicted octanol–water partition coefficient (Wildman–Crippen LogP) is 8.13. The zero-order valence-electron chi connectivity index (χ0n) is 34.7. The van der Waals surface area contributed by atoms with Gasteiger partial charge in [-0.15, -0.1) is 20.4 Å². The maximum absolute atomic E-state index is 14.8. The molecule has 0 radical (unpaired) electrons. The molecule has 12 nitrogen and oxygen atoms in total. The normalized spacial score (nSPS) is 14.1. The van der Waals surface area contributed by atoms with E-state index in [-0.39, 0.29) is 49.6 Å². The molecule has 0 saturated carbocycles. The molecule has 4 aromatic carbocycles. The Hall–Kier alpha value is -6.44. The lowest BCUT2D eigenvalue weighted by Crippen LogP contribution is -2.14. The number of hydrogen-bond acceptors (Lipinski definition) is 9. The van der Waals surface area contributed by atoms with Crippen molar-refractivity contribution in [2.75, 3.05) is 7.11 Å². The second-order valence-corrected chi connectivity index (χ2v) is 15.6. The summed E-state index contributed by atoms with van der Waals surface area (Å²) in [7, 11) is 4.99. The van der Waals surface area contributed by atoms with Crippen LogP contribution in [0.3, 0.4) is 0 Å². The summed E-state index contributed by atoms with van der Waals surface area (Å²) in [5, 5.41) is 25.3. The van der Waals surface area contributed by atoms with Crippen LogP contribution in [0.25, 0.3) is 0 Å². The summed E-state index contributed by atoms with van der Waals surface area (Å²) < 4.78 is 49.6. The SMILES string of the molecule is COC(=O)C[C@@H](c1ccc(OCc2ccc3c(c2F)CCCC3)cc1)c1nncn1C.Cn1cnnc1[C@@H](CC(=O)O)c1ccc(OCc2ccc3c(c2F)CCCC3)cc1. The van der Waals surface area contributed by atoms with Gasteiger partial charge in [-0.2, -0.15) is 0 Å². The zero-order chi connectivity index (χ0) is 42.9. The summed E-state index contributed by atoms with van der Waals surface area (Å²) in [4.78, 5) is 23.3. The highest BCUT2D eigenvalue weighted by Crippen LogP contribution is 2.32. The number of carbonyl (C=O) groups excluding carboxylic acids is 1. The molecule has 2 aliphatic carbocycles. The lowest BCUT2D eigenvalue weighted by atomic mass is 9.90. The van der Waals surface area contributed by atoms with Crippen molar-refractivity contribution < 1.29 is 37.7 Å². The molecule has 2 aromatic heterocycles. The summed E-state index contributed by atoms with van der Waals surface area (Å²) in [6.07, 6.45) is 11.0. The van der Waals surface area contributed by atoms with Gasteiger partial charge in [0.2, 0.25) is 0 Å². The number of rotatable bonds is 14. The molecule has 0 unspecified atom stereocenters. The minimum Gasteiger partial charge on any atom is -0.489 e. The van der Waals surface area contributed by atoms with Gasteiger partial charge in [0.15, 0.2) is 0 Å². The molecule has 0 fully saturated rings. The highest BCUT2D eigenvalue weighted by molar-refractivity contribution is 5.71. The first kappa shape index (κ1) is 42.7. The van der Waals surface area contributed by atoms with Crippen molar-refractivity contribution in [3.63, 3.8) is 0 Å². The molecule has 1 N–H and O–H groups in total. The molecule has 0 bridgehead atoms. The number of nitrogens with zero attached hydrogens (tertiary/aromatic N) is 6. The third-order valence-electron chi connectivity index (χ3n) is 11.5. The van der Waals surface area contributed by atoms with Gasteiger partial charge in [-0.3, -0.25) is 9.59 Å². The molecular weight excluding hydrogens is 783 g/mol. The van der Waals surface area contributed by atoms with Crippen LogP contribution in [0.2, 0.25) is 0 Å². The number of carbonyl (C=O) groups is 2. The summed E-state index contributed by atoms with van der Waals surface area (Å²) >= 11 is 0. The Bertz CT molecular complexity index is 2450. The fraction of sp³-hybridized carbons (Fsp3) is 0.362. The third kappa shape index (κ3) is 10.3. The van der Waals surface area contributed by atoms with E-state index in [1.165, 1.54) is 7.11 Å². The highest BCUT2D eigenvalue weighted by Gasteiger charge is 2.25. The summed E-state index contributed by atoms with van der Waals surface area (Å²) in [5.74, 6) is 0.287. The second kappa shape index (κ2) is 19.7. The second-order valence-electron chi connectivity index (χ2n) is 15.6. The molecule has 318 valence electrons. The molecule has 2 atom stereocenters. The van der Waals surface area contributed by atoms with E-state index < -0.39 is 11.9 Å². The minimum atomic E-state index is -0.911. The van der Waals surface area contributed by atoms with Crippen molar-refractivity contribution in [2.45, 2.75) is 89.3 Å². The number of esters is 1. The van der Waals surface area contributed by atoms with Gasteiger partial charge >= 0.3 is 11.9 Å². The van der Waals surface area contributed by atoms with Crippen molar-refractivity contribution in [3.05, 3.63) is 153 Å². The maximum Gasteiger partial charge on any atom is 0.306 e. The first-order valence-electron chi connectivity index (χ1n) is 20.6. The third-order valence-corrected chi connectivity index (χ3v) is 11.5. The summed E-state index contributed by atoms with van der Waals surface area (Å²) in [6, 6.07) is 22.3. The van der Waals surface area contributed by atoms with Gasteiger partial charge in [0.05, 0.1) is 31.8 Å². The Morgan fingerprint density at radius 3 is 1.46 bits per heavy atom. The van der Waals surface area contributed by atoms with Gasteiger partial charge in [0.1, 0.15) is 60.7 Å². The van der Waals surface area contributed by atoms with Crippen LogP contribution in [0, 0.1) is 11.6 Å². The standard InChI is InChI=1S/C24H26FN3O3.C23H24FN3O3/c1-28-15-26-27-24(28)21(13-22(29)30-2)17-9-11-19(12-10-17)31-14-18-8-7-16-5-3-4-6-20(16)23(18)25;1-27-14-25-26-23(27)20(12-21(28)29)16-8-10-18(11-9-16)30-13-17-7-6-15-4-2-3-5-19(15)22(17)24/h7-12,15,21H,3-6,13-14H2,1-2H3;6-11,14,20H,2-5,12-13H2,1H3,(H,28,29)/t21-;20-/m00/s1. The molecule has 0 spiro atoms. The van der Waals surface area contributed by atoms with Crippen LogP contribution in [0.15, 0.2) is 85.5 Å². The number of carboxylic acid groups (broad SMARTS) is 1. The number of halogens is 2. The quantitative estimate of drug-likeness (QED) is 0.107. The van der Waals surface area contributed by atoms with Crippen LogP contribution in [0.4, 0.5) is 8.78 Å². The lowest BCUT2D eigenvalue weighted by Gasteiger charge is -2.18. The fourth-order valence-corrected chi connectivity index (χ4v) is 8.16. The maximum atomic E-state index is 14.8. The first-order valence-corrected chi connectivity index (χ1v) is 20.6. The molecule has 8 rings (SSSR count). The number of aliphatic carboxylic acids is 1. The number of methoxy groups -OCH3 is 1. The summed E-state index contributed by atoms with van der Waals surface area (Å²) in [6.45, 7) is 0.327. The van der Waals surface area contributed by atoms with E-state index in [0.717, 1.165) is 84.7 Å². The van der Waals surface area contributed by atoms with Crippen molar-refractivity contribution in [1.82, 2.24) is 29.5 Å². The number of aryl methyl sites for hydroxylation is 4. The number of aromatic nitrogens is 6. The van der Waals surface area contributed by atoms with E-state index in [4.69, 9.17) is 14.2 Å². The minimum absolute atomic E-state index is 0.0902. The van der Waals surface area contributed by atoms with Gasteiger partial charge in [0.25, 0.3) is 0 Å². The van der Waals surface area contributed by atoms with Crippen LogP contribution in [-0.4, -0.2) is 53.7 Å². The van der Waals surface area contributed by atoms with Crippen LogP contribution in [-0.2, 0) is 67.3 Å². The molecule has 0 amide bonds. The van der Waals surface area contributed by atoms with E-state index >= 15 is 0 Å². The number of hydrogen-bond donors (Lipinski definition) is 1. The van der Waals surface area contributed by atoms with Crippen LogP contribution in [0.1, 0.15) is 107 Å². The van der Waals surface area contributed by atoms with E-state index in [2.05, 4.69) is 20.4 Å². The fourth-order valence-electron chi connectivity index (χ4n) is 8.16. The predicted molar refractivity (Wildman–Crippen MR) is 222 cm³/mol. The van der Waals surface area contributed by atoms with Crippen molar-refractivity contribution in [3.8, 4) is 11.5 Å². The van der Waals surface area contributed by atoms with E-state index in [1.807, 2.05) is 67.7 Å². The van der Waals surface area contributed by atoms with Gasteiger partial charge in [0, 0.05) is 25.2 Å². The Morgan fingerprint density at radius 2 is 1.07 bits per heavy atom. The molecular formula is C47H50F2N6O6. The van der Waals surface area contributed by atoms with Crippen LogP contribution >= 0.6 is 0 Å². The van der Waals surface area contributed by atoms with Crippen molar-refractivity contribution in [1.29, 1.82) is 0 Å².